The van der Waals surface area contributed by atoms with Gasteiger partial charge in [-0.15, -0.1) is 0 Å². The van der Waals surface area contributed by atoms with E-state index in [-0.39, 0.29) is 49.9 Å². The summed E-state index contributed by atoms with van der Waals surface area (Å²) < 4.78 is 13.7. The minimum absolute atomic E-state index is 0.0466. The number of aromatic nitrogens is 1. The molecule has 1 aromatic heterocycles. The van der Waals surface area contributed by atoms with Crippen molar-refractivity contribution in [2.45, 2.75) is 56.3 Å². The van der Waals surface area contributed by atoms with Crippen LogP contribution in [0.1, 0.15) is 55.3 Å². The van der Waals surface area contributed by atoms with Gasteiger partial charge in [-0.25, -0.2) is 0 Å². The molecule has 206 valence electrons. The number of hydrogen-bond donors (Lipinski definition) is 3. The first-order valence-corrected chi connectivity index (χ1v) is 13.8. The van der Waals surface area contributed by atoms with E-state index in [1.54, 1.807) is 30.3 Å². The Morgan fingerprint density at radius 1 is 1.03 bits per heavy atom. The number of anilines is 1. The predicted molar refractivity (Wildman–Crippen MR) is 146 cm³/mol. The molecular formula is C29H32N2O7S. The maximum atomic E-state index is 12.3. The third-order valence-electron chi connectivity index (χ3n) is 6.54. The van der Waals surface area contributed by atoms with Crippen molar-refractivity contribution < 1.29 is 34.0 Å². The standard InChI is InChI=1S/C29H32N2O7S/c1-19-24(18-39-26-9-2-3-15-31(26)36)37-29(38-28(19)21-13-11-20(17-32)12-14-21)22-6-4-7-23(16-22)30-25(33)8-5-10-27(34)35/h2-4,6-7,9,11-16,19,24,28-29,32H,5,8,10,17-18H2,1H3,(H,30,33)(H,34,35)/t19-,24+,28+,29+/m0/s1. The van der Waals surface area contributed by atoms with Crippen LogP contribution in [-0.4, -0.2) is 33.9 Å². The largest absolute Gasteiger partial charge is 0.618 e. The van der Waals surface area contributed by atoms with Gasteiger partial charge in [-0.3, -0.25) is 9.59 Å². The molecule has 9 nitrogen and oxygen atoms in total. The number of carboxylic acids is 1. The highest BCUT2D eigenvalue weighted by Crippen LogP contribution is 2.43. The van der Waals surface area contributed by atoms with Gasteiger partial charge in [0.1, 0.15) is 0 Å². The number of rotatable bonds is 11. The van der Waals surface area contributed by atoms with Crippen molar-refractivity contribution >= 4 is 29.3 Å². The second-order valence-corrected chi connectivity index (χ2v) is 10.5. The van der Waals surface area contributed by atoms with E-state index >= 15 is 0 Å². The molecule has 2 aromatic carbocycles. The van der Waals surface area contributed by atoms with Crippen molar-refractivity contribution in [2.75, 3.05) is 11.1 Å². The highest BCUT2D eigenvalue weighted by atomic mass is 32.2. The Bertz CT molecular complexity index is 1270. The number of aliphatic carboxylic acids is 1. The second-order valence-electron chi connectivity index (χ2n) is 9.42. The molecule has 0 saturated carbocycles. The van der Waals surface area contributed by atoms with E-state index in [0.29, 0.717) is 16.5 Å². The number of benzene rings is 2. The number of hydrogen-bond acceptors (Lipinski definition) is 7. The molecule has 0 spiro atoms. The Morgan fingerprint density at radius 2 is 1.82 bits per heavy atom. The van der Waals surface area contributed by atoms with Gasteiger partial charge in [-0.2, -0.15) is 4.73 Å². The molecule has 1 saturated heterocycles. The second kappa shape index (κ2) is 13.6. The molecule has 1 aliphatic rings. The number of nitrogens with one attached hydrogen (secondary N) is 1. The summed E-state index contributed by atoms with van der Waals surface area (Å²) in [6.07, 6.45) is 0.464. The quantitative estimate of drug-likeness (QED) is 0.179. The molecule has 1 aliphatic heterocycles. The summed E-state index contributed by atoms with van der Waals surface area (Å²) in [6.45, 7) is 2.00. The molecule has 1 amide bonds. The highest BCUT2D eigenvalue weighted by molar-refractivity contribution is 7.99. The molecule has 3 N–H and O–H groups in total. The van der Waals surface area contributed by atoms with Crippen molar-refractivity contribution in [3.63, 3.8) is 0 Å². The fourth-order valence-electron chi connectivity index (χ4n) is 4.39. The van der Waals surface area contributed by atoms with Gasteiger partial charge in [-0.05, 0) is 35.7 Å². The fourth-order valence-corrected chi connectivity index (χ4v) is 5.47. The number of carbonyl (C=O) groups is 2. The number of thioether (sulfide) groups is 1. The van der Waals surface area contributed by atoms with Crippen molar-refractivity contribution in [3.05, 3.63) is 94.8 Å². The Balaban J connectivity index is 1.53. The Morgan fingerprint density at radius 3 is 2.54 bits per heavy atom. The van der Waals surface area contributed by atoms with Crippen molar-refractivity contribution in [3.8, 4) is 0 Å². The predicted octanol–water partition coefficient (Wildman–Crippen LogP) is 4.59. The SMILES string of the molecule is C[C@H]1[C@@H](CSc2cccc[n+]2[O-])O[C@@H](c2cccc(NC(=O)CCCC(=O)O)c2)O[C@H]1c1ccc(CO)cc1. The molecule has 4 atom stereocenters. The molecule has 10 heteroatoms. The first-order chi connectivity index (χ1) is 18.8. The van der Waals surface area contributed by atoms with Crippen LogP contribution in [0.2, 0.25) is 0 Å². The maximum absolute atomic E-state index is 12.3. The smallest absolute Gasteiger partial charge is 0.303 e. The molecule has 0 radical (unpaired) electrons. The lowest BCUT2D eigenvalue weighted by Crippen LogP contribution is -2.39. The van der Waals surface area contributed by atoms with Gasteiger partial charge < -0.3 is 30.2 Å². The van der Waals surface area contributed by atoms with Gasteiger partial charge in [-0.1, -0.05) is 55.1 Å². The molecule has 3 aromatic rings. The summed E-state index contributed by atoms with van der Waals surface area (Å²) in [7, 11) is 0. The number of carboxylic acid groups (broad SMARTS) is 1. The molecular weight excluding hydrogens is 520 g/mol. The zero-order chi connectivity index (χ0) is 27.8. The Labute approximate surface area is 231 Å². The fraction of sp³-hybridized carbons (Fsp3) is 0.345. The normalized spacial score (nSPS) is 20.9. The first kappa shape index (κ1) is 28.6. The van der Waals surface area contributed by atoms with E-state index in [0.717, 1.165) is 21.4 Å². The average molecular weight is 553 g/mol. The number of pyridine rings is 1. The minimum atomic E-state index is -0.934. The van der Waals surface area contributed by atoms with Crippen LogP contribution in [0, 0.1) is 11.1 Å². The maximum Gasteiger partial charge on any atom is 0.303 e. The van der Waals surface area contributed by atoms with Crippen LogP contribution < -0.4 is 10.0 Å². The molecule has 1 fully saturated rings. The van der Waals surface area contributed by atoms with Crippen molar-refractivity contribution in [2.24, 2.45) is 5.92 Å². The lowest BCUT2D eigenvalue weighted by atomic mass is 9.91. The van der Waals surface area contributed by atoms with Crippen LogP contribution in [0.5, 0.6) is 0 Å². The van der Waals surface area contributed by atoms with Crippen LogP contribution in [0.15, 0.2) is 78.0 Å². The topological polar surface area (TPSA) is 132 Å². The average Bonchev–Trinajstić information content (AvgIpc) is 2.93. The molecule has 2 heterocycles. The lowest BCUT2D eigenvalue weighted by Gasteiger charge is -2.41. The van der Waals surface area contributed by atoms with E-state index in [1.807, 2.05) is 36.4 Å². The van der Waals surface area contributed by atoms with Gasteiger partial charge >= 0.3 is 5.97 Å². The van der Waals surface area contributed by atoms with Gasteiger partial charge in [0.15, 0.2) is 12.5 Å². The molecule has 39 heavy (non-hydrogen) atoms. The van der Waals surface area contributed by atoms with E-state index in [1.165, 1.54) is 18.0 Å². The number of ether oxygens (including phenoxy) is 2. The molecule has 4 rings (SSSR count). The number of carbonyl (C=O) groups excluding carboxylic acids is 1. The summed E-state index contributed by atoms with van der Waals surface area (Å²) in [5, 5.41) is 33.8. The molecule has 0 unspecified atom stereocenters. The van der Waals surface area contributed by atoms with Gasteiger partial charge in [0.05, 0.1) is 18.8 Å². The zero-order valence-corrected chi connectivity index (χ0v) is 22.4. The van der Waals surface area contributed by atoms with Gasteiger partial charge in [0.25, 0.3) is 5.03 Å². The first-order valence-electron chi connectivity index (χ1n) is 12.8. The van der Waals surface area contributed by atoms with Crippen molar-refractivity contribution in [1.29, 1.82) is 0 Å². The van der Waals surface area contributed by atoms with E-state index in [4.69, 9.17) is 14.6 Å². The van der Waals surface area contributed by atoms with Crippen LogP contribution in [0.25, 0.3) is 0 Å². The molecule has 0 bridgehead atoms. The van der Waals surface area contributed by atoms with Crippen molar-refractivity contribution in [1.82, 2.24) is 0 Å². The number of nitrogens with zero attached hydrogens (tertiary/aromatic N) is 1. The van der Waals surface area contributed by atoms with E-state index < -0.39 is 12.3 Å². The monoisotopic (exact) mass is 552 g/mol. The Hall–Kier alpha value is -3.44. The minimum Gasteiger partial charge on any atom is -0.618 e. The molecule has 0 aliphatic carbocycles. The van der Waals surface area contributed by atoms with E-state index in [2.05, 4.69) is 12.2 Å². The summed E-state index contributed by atoms with van der Waals surface area (Å²) >= 11 is 1.42. The zero-order valence-electron chi connectivity index (χ0n) is 21.6. The van der Waals surface area contributed by atoms with Crippen LogP contribution in [0.4, 0.5) is 5.69 Å². The van der Waals surface area contributed by atoms with Crippen LogP contribution >= 0.6 is 11.8 Å². The summed E-state index contributed by atoms with van der Waals surface area (Å²) in [5.74, 6) is -0.721. The summed E-state index contributed by atoms with van der Waals surface area (Å²) in [4.78, 5) is 23.0. The number of aliphatic hydroxyl groups excluding tert-OH is 1. The third-order valence-corrected chi connectivity index (χ3v) is 7.65. The van der Waals surface area contributed by atoms with Gasteiger partial charge in [0.2, 0.25) is 5.91 Å². The lowest BCUT2D eigenvalue weighted by molar-refractivity contribution is -0.645. The van der Waals surface area contributed by atoms with Gasteiger partial charge in [0, 0.05) is 47.9 Å². The highest BCUT2D eigenvalue weighted by Gasteiger charge is 2.38. The third kappa shape index (κ3) is 7.79. The van der Waals surface area contributed by atoms with Crippen LogP contribution in [-0.2, 0) is 25.7 Å². The van der Waals surface area contributed by atoms with Crippen LogP contribution in [0.3, 0.4) is 0 Å². The summed E-state index contributed by atoms with van der Waals surface area (Å²) in [6, 6.07) is 20.1. The number of amides is 1. The summed E-state index contributed by atoms with van der Waals surface area (Å²) in [5.41, 5.74) is 3.03. The van der Waals surface area contributed by atoms with E-state index in [9.17, 15) is 19.9 Å². The Kier molecular flexibility index (Phi) is 9.94. The number of aliphatic hydroxyl groups is 1.